The number of aliphatic hydroxyl groups is 1. The Morgan fingerprint density at radius 2 is 2.17 bits per heavy atom. The molecule has 2 unspecified atom stereocenters. The van der Waals surface area contributed by atoms with Crippen LogP contribution in [0.1, 0.15) is 19.8 Å². The molecule has 18 heavy (non-hydrogen) atoms. The molecule has 0 rings (SSSR count). The molecule has 6 heteroatoms. The van der Waals surface area contributed by atoms with Gasteiger partial charge in [0.05, 0.1) is 11.6 Å². The van der Waals surface area contributed by atoms with Gasteiger partial charge in [0.2, 0.25) is 5.91 Å². The molecule has 6 nitrogen and oxygen atoms in total. The molecule has 4 N–H and O–H groups in total. The van der Waals surface area contributed by atoms with Gasteiger partial charge in [-0.3, -0.25) is 4.79 Å². The van der Waals surface area contributed by atoms with Crippen LogP contribution in [0.2, 0.25) is 0 Å². The molecule has 0 aliphatic carbocycles. The van der Waals surface area contributed by atoms with Crippen molar-refractivity contribution in [3.05, 3.63) is 0 Å². The summed E-state index contributed by atoms with van der Waals surface area (Å²) >= 11 is 0. The Morgan fingerprint density at radius 1 is 1.56 bits per heavy atom. The van der Waals surface area contributed by atoms with E-state index in [1.54, 1.807) is 14.0 Å². The fraction of sp³-hybridized carbons (Fsp3) is 0.917. The van der Waals surface area contributed by atoms with E-state index in [2.05, 4.69) is 5.32 Å². The molecule has 0 spiro atoms. The molecular formula is C12H27N3O3. The molecule has 108 valence electrons. The molecule has 0 aliphatic heterocycles. The van der Waals surface area contributed by atoms with Crippen molar-refractivity contribution in [2.24, 2.45) is 5.73 Å². The van der Waals surface area contributed by atoms with Crippen molar-refractivity contribution in [2.45, 2.75) is 31.4 Å². The highest BCUT2D eigenvalue weighted by molar-refractivity contribution is 5.81. The molecule has 0 heterocycles. The number of methoxy groups -OCH3 is 1. The maximum Gasteiger partial charge on any atom is 0.237 e. The lowest BCUT2D eigenvalue weighted by Crippen LogP contribution is -2.50. The SMILES string of the molecule is COCCCC(N)C(=O)NCC(C)(O)CN(C)C. The molecule has 0 aromatic rings. The van der Waals surface area contributed by atoms with Crippen LogP contribution in [0.3, 0.4) is 0 Å². The van der Waals surface area contributed by atoms with Crippen LogP contribution < -0.4 is 11.1 Å². The van der Waals surface area contributed by atoms with Crippen molar-refractivity contribution in [3.63, 3.8) is 0 Å². The third-order valence-electron chi connectivity index (χ3n) is 2.50. The van der Waals surface area contributed by atoms with E-state index in [-0.39, 0.29) is 12.5 Å². The van der Waals surface area contributed by atoms with Gasteiger partial charge in [-0.1, -0.05) is 0 Å². The zero-order valence-corrected chi connectivity index (χ0v) is 11.9. The van der Waals surface area contributed by atoms with Gasteiger partial charge in [-0.15, -0.1) is 0 Å². The first-order valence-corrected chi connectivity index (χ1v) is 6.18. The highest BCUT2D eigenvalue weighted by Gasteiger charge is 2.23. The number of amides is 1. The minimum Gasteiger partial charge on any atom is -0.387 e. The predicted molar refractivity (Wildman–Crippen MR) is 71.3 cm³/mol. The summed E-state index contributed by atoms with van der Waals surface area (Å²) in [6.07, 6.45) is 1.33. The molecule has 0 aromatic carbocycles. The summed E-state index contributed by atoms with van der Waals surface area (Å²) in [5.74, 6) is -0.231. The Balaban J connectivity index is 3.93. The number of rotatable bonds is 9. The topological polar surface area (TPSA) is 87.8 Å². The normalized spacial score (nSPS) is 16.4. The highest BCUT2D eigenvalue weighted by Crippen LogP contribution is 2.03. The summed E-state index contributed by atoms with van der Waals surface area (Å²) in [6.45, 7) is 2.96. The first-order chi connectivity index (χ1) is 8.28. The van der Waals surface area contributed by atoms with Gasteiger partial charge in [0.1, 0.15) is 0 Å². The number of carbonyl (C=O) groups is 1. The van der Waals surface area contributed by atoms with E-state index in [9.17, 15) is 9.90 Å². The van der Waals surface area contributed by atoms with E-state index < -0.39 is 11.6 Å². The third kappa shape index (κ3) is 8.41. The van der Waals surface area contributed by atoms with Crippen molar-refractivity contribution in [2.75, 3.05) is 40.9 Å². The number of likely N-dealkylation sites (N-methyl/N-ethyl adjacent to an activating group) is 1. The average Bonchev–Trinajstić information content (AvgIpc) is 2.24. The summed E-state index contributed by atoms with van der Waals surface area (Å²) in [7, 11) is 5.35. The van der Waals surface area contributed by atoms with E-state index >= 15 is 0 Å². The van der Waals surface area contributed by atoms with Gasteiger partial charge in [-0.05, 0) is 33.9 Å². The first-order valence-electron chi connectivity index (χ1n) is 6.18. The minimum atomic E-state index is -0.953. The second-order valence-corrected chi connectivity index (χ2v) is 5.19. The quantitative estimate of drug-likeness (QED) is 0.472. The number of hydrogen-bond donors (Lipinski definition) is 3. The standard InChI is InChI=1S/C12H27N3O3/c1-12(17,9-15(2)3)8-14-11(16)10(13)6-5-7-18-4/h10,17H,5-9,13H2,1-4H3,(H,14,16). The number of ether oxygens (including phenoxy) is 1. The summed E-state index contributed by atoms with van der Waals surface area (Å²) in [6, 6.07) is -0.546. The molecule has 0 saturated heterocycles. The van der Waals surface area contributed by atoms with Crippen molar-refractivity contribution in [3.8, 4) is 0 Å². The first kappa shape index (κ1) is 17.3. The van der Waals surface area contributed by atoms with E-state index in [1.807, 2.05) is 19.0 Å². The van der Waals surface area contributed by atoms with Crippen LogP contribution in [0.5, 0.6) is 0 Å². The maximum atomic E-state index is 11.7. The van der Waals surface area contributed by atoms with Crippen molar-refractivity contribution >= 4 is 5.91 Å². The Bertz CT molecular complexity index is 245. The number of nitrogens with zero attached hydrogens (tertiary/aromatic N) is 1. The van der Waals surface area contributed by atoms with Crippen LogP contribution >= 0.6 is 0 Å². The van der Waals surface area contributed by atoms with Crippen LogP contribution in [-0.2, 0) is 9.53 Å². The van der Waals surface area contributed by atoms with Crippen LogP contribution in [0.25, 0.3) is 0 Å². The number of nitrogens with two attached hydrogens (primary N) is 1. The van der Waals surface area contributed by atoms with E-state index in [0.29, 0.717) is 19.6 Å². The van der Waals surface area contributed by atoms with Gasteiger partial charge in [-0.2, -0.15) is 0 Å². The molecule has 0 aromatic heterocycles. The van der Waals surface area contributed by atoms with Crippen molar-refractivity contribution in [1.29, 1.82) is 0 Å². The maximum absolute atomic E-state index is 11.7. The molecule has 0 fully saturated rings. The van der Waals surface area contributed by atoms with Gasteiger partial charge in [0.15, 0.2) is 0 Å². The number of carbonyl (C=O) groups excluding carboxylic acids is 1. The lowest BCUT2D eigenvalue weighted by Gasteiger charge is -2.27. The fourth-order valence-corrected chi connectivity index (χ4v) is 1.72. The smallest absolute Gasteiger partial charge is 0.237 e. The zero-order chi connectivity index (χ0) is 14.2. The summed E-state index contributed by atoms with van der Waals surface area (Å²) in [4.78, 5) is 13.5. The van der Waals surface area contributed by atoms with Crippen molar-refractivity contribution in [1.82, 2.24) is 10.2 Å². The number of hydrogen-bond acceptors (Lipinski definition) is 5. The second kappa shape index (κ2) is 8.42. The zero-order valence-electron chi connectivity index (χ0n) is 11.9. The lowest BCUT2D eigenvalue weighted by molar-refractivity contribution is -0.123. The van der Waals surface area contributed by atoms with Crippen LogP contribution in [0.4, 0.5) is 0 Å². The van der Waals surface area contributed by atoms with E-state index in [0.717, 1.165) is 6.42 Å². The average molecular weight is 261 g/mol. The van der Waals surface area contributed by atoms with Gasteiger partial charge >= 0.3 is 0 Å². The molecule has 0 saturated carbocycles. The summed E-state index contributed by atoms with van der Waals surface area (Å²) in [5.41, 5.74) is 4.78. The molecule has 1 amide bonds. The van der Waals surface area contributed by atoms with Crippen LogP contribution in [-0.4, -0.2) is 68.5 Å². The van der Waals surface area contributed by atoms with E-state index in [4.69, 9.17) is 10.5 Å². The fourth-order valence-electron chi connectivity index (χ4n) is 1.72. The van der Waals surface area contributed by atoms with Gasteiger partial charge in [-0.25, -0.2) is 0 Å². The number of nitrogens with one attached hydrogen (secondary N) is 1. The van der Waals surface area contributed by atoms with Crippen LogP contribution in [0.15, 0.2) is 0 Å². The monoisotopic (exact) mass is 261 g/mol. The predicted octanol–water partition coefficient (Wildman–Crippen LogP) is -0.831. The van der Waals surface area contributed by atoms with Gasteiger partial charge in [0.25, 0.3) is 0 Å². The third-order valence-corrected chi connectivity index (χ3v) is 2.50. The Labute approximate surface area is 109 Å². The largest absolute Gasteiger partial charge is 0.387 e. The molecule has 0 bridgehead atoms. The van der Waals surface area contributed by atoms with Gasteiger partial charge in [0, 0.05) is 26.8 Å². The highest BCUT2D eigenvalue weighted by atomic mass is 16.5. The Morgan fingerprint density at radius 3 is 2.67 bits per heavy atom. The van der Waals surface area contributed by atoms with Gasteiger partial charge < -0.3 is 25.8 Å². The Hall–Kier alpha value is -0.690. The Kier molecular flexibility index (Phi) is 8.10. The minimum absolute atomic E-state index is 0.196. The molecule has 2 atom stereocenters. The van der Waals surface area contributed by atoms with E-state index in [1.165, 1.54) is 0 Å². The second-order valence-electron chi connectivity index (χ2n) is 5.19. The molecule has 0 radical (unpaired) electrons. The summed E-state index contributed by atoms with van der Waals surface area (Å²) in [5, 5.41) is 12.7. The molecule has 0 aliphatic rings. The van der Waals surface area contributed by atoms with Crippen LogP contribution in [0, 0.1) is 0 Å². The van der Waals surface area contributed by atoms with Crippen molar-refractivity contribution < 1.29 is 14.6 Å². The summed E-state index contributed by atoms with van der Waals surface area (Å²) < 4.78 is 4.90. The molecular weight excluding hydrogens is 234 g/mol. The lowest BCUT2D eigenvalue weighted by atomic mass is 10.1.